The van der Waals surface area contributed by atoms with Crippen LogP contribution in [0.1, 0.15) is 42.1 Å². The predicted octanol–water partition coefficient (Wildman–Crippen LogP) is 0.512. The molecule has 4 rings (SSSR count). The summed E-state index contributed by atoms with van der Waals surface area (Å²) in [5, 5.41) is 4.87. The summed E-state index contributed by atoms with van der Waals surface area (Å²) < 4.78 is 0. The minimum Gasteiger partial charge on any atom is -0.342 e. The van der Waals surface area contributed by atoms with Crippen molar-refractivity contribution in [2.75, 3.05) is 45.8 Å². The third kappa shape index (κ3) is 4.41. The first-order chi connectivity index (χ1) is 14.9. The van der Waals surface area contributed by atoms with E-state index in [1.165, 1.54) is 0 Å². The number of urea groups is 1. The van der Waals surface area contributed by atoms with E-state index in [2.05, 4.69) is 15.5 Å². The Morgan fingerprint density at radius 3 is 2.23 bits per heavy atom. The van der Waals surface area contributed by atoms with Crippen LogP contribution in [-0.4, -0.2) is 84.3 Å². The molecule has 3 fully saturated rings. The van der Waals surface area contributed by atoms with Gasteiger partial charge in [0.05, 0.1) is 6.54 Å². The zero-order valence-corrected chi connectivity index (χ0v) is 17.9. The second kappa shape index (κ2) is 8.66. The number of amides is 5. The van der Waals surface area contributed by atoms with Crippen LogP contribution in [0.25, 0.3) is 0 Å². The van der Waals surface area contributed by atoms with Crippen molar-refractivity contribution < 1.29 is 19.2 Å². The molecule has 1 aromatic carbocycles. The summed E-state index contributed by atoms with van der Waals surface area (Å²) >= 11 is 0. The van der Waals surface area contributed by atoms with E-state index in [-0.39, 0.29) is 11.8 Å². The quantitative estimate of drug-likeness (QED) is 0.682. The molecular formula is C22H29N5O4. The van der Waals surface area contributed by atoms with Crippen LogP contribution in [0.4, 0.5) is 4.79 Å². The van der Waals surface area contributed by atoms with Gasteiger partial charge < -0.3 is 15.1 Å². The molecule has 9 heteroatoms. The number of hydrogen-bond donors (Lipinski definition) is 2. The molecule has 0 saturated carbocycles. The highest BCUT2D eigenvalue weighted by atomic mass is 16.2. The Kier molecular flexibility index (Phi) is 5.95. The van der Waals surface area contributed by atoms with E-state index in [1.807, 2.05) is 9.80 Å². The van der Waals surface area contributed by atoms with Gasteiger partial charge in [0.2, 0.25) is 5.91 Å². The predicted molar refractivity (Wildman–Crippen MR) is 113 cm³/mol. The molecule has 3 aliphatic heterocycles. The van der Waals surface area contributed by atoms with Crippen LogP contribution in [0.5, 0.6) is 0 Å². The first-order valence-corrected chi connectivity index (χ1v) is 10.9. The lowest BCUT2D eigenvalue weighted by Gasteiger charge is -2.24. The molecule has 0 aliphatic carbocycles. The van der Waals surface area contributed by atoms with Gasteiger partial charge in [0.1, 0.15) is 5.54 Å². The van der Waals surface area contributed by atoms with Gasteiger partial charge in [-0.05, 0) is 43.9 Å². The minimum atomic E-state index is -1.14. The number of hydrogen-bond acceptors (Lipinski definition) is 5. The fraction of sp³-hybridized carbons (Fsp3) is 0.545. The number of carbonyl (C=O) groups excluding carboxylic acids is 4. The number of imide groups is 1. The normalized spacial score (nSPS) is 24.7. The molecule has 0 radical (unpaired) electrons. The van der Waals surface area contributed by atoms with Crippen LogP contribution >= 0.6 is 0 Å². The van der Waals surface area contributed by atoms with Gasteiger partial charge in [0, 0.05) is 44.8 Å². The molecule has 166 valence electrons. The Hall–Kier alpha value is -2.94. The molecule has 2 N–H and O–H groups in total. The lowest BCUT2D eigenvalue weighted by Crippen LogP contribution is -2.41. The Bertz CT molecular complexity index is 880. The van der Waals surface area contributed by atoms with Crippen LogP contribution in [-0.2, 0) is 15.1 Å². The summed E-state index contributed by atoms with van der Waals surface area (Å²) in [6.07, 6.45) is 2.99. The largest absolute Gasteiger partial charge is 0.342 e. The molecular weight excluding hydrogens is 398 g/mol. The summed E-state index contributed by atoms with van der Waals surface area (Å²) in [5.74, 6) is -0.290. The summed E-state index contributed by atoms with van der Waals surface area (Å²) in [5.41, 5.74) is 0.0254. The van der Waals surface area contributed by atoms with Gasteiger partial charge in [-0.15, -0.1) is 0 Å². The van der Waals surface area contributed by atoms with Gasteiger partial charge >= 0.3 is 6.03 Å². The molecule has 1 aromatic rings. The van der Waals surface area contributed by atoms with Crippen molar-refractivity contribution >= 4 is 23.8 Å². The van der Waals surface area contributed by atoms with Gasteiger partial charge in [0.15, 0.2) is 0 Å². The average Bonchev–Trinajstić information content (AvgIpc) is 3.31. The van der Waals surface area contributed by atoms with Gasteiger partial charge in [-0.1, -0.05) is 12.1 Å². The molecule has 5 amide bonds. The maximum atomic E-state index is 13.0. The molecule has 3 heterocycles. The number of nitrogens with zero attached hydrogens (tertiary/aromatic N) is 3. The topological polar surface area (TPSA) is 102 Å². The first kappa shape index (κ1) is 21.3. The van der Waals surface area contributed by atoms with Crippen molar-refractivity contribution in [3.8, 4) is 0 Å². The number of carbonyl (C=O) groups is 4. The van der Waals surface area contributed by atoms with E-state index >= 15 is 0 Å². The molecule has 3 saturated heterocycles. The minimum absolute atomic E-state index is 0.0654. The van der Waals surface area contributed by atoms with Gasteiger partial charge in [-0.2, -0.15) is 0 Å². The summed E-state index contributed by atoms with van der Waals surface area (Å²) in [6, 6.07) is 6.28. The molecule has 9 nitrogen and oxygen atoms in total. The number of likely N-dealkylation sites (tertiary alicyclic amines) is 1. The van der Waals surface area contributed by atoms with Crippen molar-refractivity contribution in [2.24, 2.45) is 0 Å². The van der Waals surface area contributed by atoms with Crippen molar-refractivity contribution in [1.82, 2.24) is 25.3 Å². The summed E-state index contributed by atoms with van der Waals surface area (Å²) in [7, 11) is 0. The lowest BCUT2D eigenvalue weighted by atomic mass is 9.91. The number of rotatable bonds is 4. The summed E-state index contributed by atoms with van der Waals surface area (Å²) in [6.45, 7) is 6.47. The first-order valence-electron chi connectivity index (χ1n) is 10.9. The number of nitrogens with one attached hydrogen (secondary N) is 2. The van der Waals surface area contributed by atoms with E-state index in [0.29, 0.717) is 37.3 Å². The second-order valence-electron chi connectivity index (χ2n) is 8.62. The maximum Gasteiger partial charge on any atom is 0.322 e. The maximum absolute atomic E-state index is 13.0. The third-order valence-electron chi connectivity index (χ3n) is 6.45. The van der Waals surface area contributed by atoms with Gasteiger partial charge in [0.25, 0.3) is 11.8 Å². The zero-order valence-electron chi connectivity index (χ0n) is 17.9. The number of benzene rings is 1. The lowest BCUT2D eigenvalue weighted by molar-refractivity contribution is -0.131. The fourth-order valence-corrected chi connectivity index (χ4v) is 4.47. The van der Waals surface area contributed by atoms with E-state index in [4.69, 9.17) is 0 Å². The Labute approximate surface area is 181 Å². The van der Waals surface area contributed by atoms with E-state index in [1.54, 1.807) is 31.2 Å². The summed E-state index contributed by atoms with van der Waals surface area (Å²) in [4.78, 5) is 54.9. The highest BCUT2D eigenvalue weighted by molar-refractivity contribution is 6.07. The van der Waals surface area contributed by atoms with Crippen LogP contribution < -0.4 is 10.6 Å². The highest BCUT2D eigenvalue weighted by Gasteiger charge is 2.43. The third-order valence-corrected chi connectivity index (χ3v) is 6.45. The van der Waals surface area contributed by atoms with E-state index in [0.717, 1.165) is 38.9 Å². The van der Waals surface area contributed by atoms with Crippen LogP contribution in [0, 0.1) is 0 Å². The molecule has 0 aromatic heterocycles. The molecule has 0 unspecified atom stereocenters. The molecule has 3 aliphatic rings. The Morgan fingerprint density at radius 2 is 1.58 bits per heavy atom. The van der Waals surface area contributed by atoms with Crippen LogP contribution in [0.3, 0.4) is 0 Å². The zero-order chi connectivity index (χ0) is 22.0. The fourth-order valence-electron chi connectivity index (χ4n) is 4.47. The van der Waals surface area contributed by atoms with Crippen molar-refractivity contribution in [3.05, 3.63) is 35.4 Å². The van der Waals surface area contributed by atoms with Gasteiger partial charge in [-0.25, -0.2) is 4.79 Å². The van der Waals surface area contributed by atoms with Crippen molar-refractivity contribution in [1.29, 1.82) is 0 Å². The standard InChI is InChI=1S/C22H29N5O4/c1-22(20(30)23-21(31)24-22)17-7-5-16(6-8-17)19(29)27-12-4-9-25(13-14-27)15-18(28)26-10-2-3-11-26/h5-8H,2-4,9-15H2,1H3,(H2,23,24,30,31)/t22-/m0/s1. The monoisotopic (exact) mass is 427 g/mol. The molecule has 0 bridgehead atoms. The smallest absolute Gasteiger partial charge is 0.322 e. The van der Waals surface area contributed by atoms with E-state index in [9.17, 15) is 19.2 Å². The van der Waals surface area contributed by atoms with Crippen LogP contribution in [0.2, 0.25) is 0 Å². The SMILES string of the molecule is C[C@@]1(c2ccc(C(=O)N3CCCN(CC(=O)N4CCCC4)CC3)cc2)NC(=O)NC1=O. The van der Waals surface area contributed by atoms with Crippen molar-refractivity contribution in [3.63, 3.8) is 0 Å². The Balaban J connectivity index is 1.35. The van der Waals surface area contributed by atoms with Crippen LogP contribution in [0.15, 0.2) is 24.3 Å². The second-order valence-corrected chi connectivity index (χ2v) is 8.62. The highest BCUT2D eigenvalue weighted by Crippen LogP contribution is 2.25. The average molecular weight is 428 g/mol. The Morgan fingerprint density at radius 1 is 0.903 bits per heavy atom. The molecule has 1 atom stereocenters. The van der Waals surface area contributed by atoms with E-state index < -0.39 is 17.5 Å². The van der Waals surface area contributed by atoms with Gasteiger partial charge in [-0.3, -0.25) is 24.6 Å². The molecule has 0 spiro atoms. The molecule has 31 heavy (non-hydrogen) atoms. The van der Waals surface area contributed by atoms with Crippen molar-refractivity contribution in [2.45, 2.75) is 31.7 Å².